The Balaban J connectivity index is 1.77. The van der Waals surface area contributed by atoms with E-state index in [4.69, 9.17) is 47.7 Å². The Bertz CT molecular complexity index is 1400. The van der Waals surface area contributed by atoms with Crippen LogP contribution in [0.5, 0.6) is 0 Å². The Morgan fingerprint density at radius 1 is 1.40 bits per heavy atom. The molecule has 1 fully saturated rings. The van der Waals surface area contributed by atoms with Crippen molar-refractivity contribution in [2.24, 2.45) is 5.41 Å². The number of aromatic amines is 1. The number of nitrogens with one attached hydrogen (secondary N) is 2. The molecule has 0 saturated carbocycles. The van der Waals surface area contributed by atoms with E-state index in [1.165, 1.54) is 6.92 Å². The van der Waals surface area contributed by atoms with Gasteiger partial charge in [0, 0.05) is 11.2 Å². The number of thioether (sulfide) groups is 1. The molecule has 2 unspecified atom stereocenters. The Labute approximate surface area is 255 Å². The van der Waals surface area contributed by atoms with E-state index >= 15 is 4.39 Å². The summed E-state index contributed by atoms with van der Waals surface area (Å²) >= 11 is 12.8. The number of rotatable bonds is 12. The van der Waals surface area contributed by atoms with Gasteiger partial charge in [-0.3, -0.25) is 23.9 Å². The maximum absolute atomic E-state index is 15.7. The number of alkyl halides is 2. The predicted molar refractivity (Wildman–Crippen MR) is 159 cm³/mol. The van der Waals surface area contributed by atoms with Crippen molar-refractivity contribution in [1.82, 2.24) is 24.6 Å². The van der Waals surface area contributed by atoms with E-state index < -0.39 is 59.8 Å². The molecule has 1 aliphatic rings. The van der Waals surface area contributed by atoms with Crippen LogP contribution in [0.2, 0.25) is 0 Å². The molecule has 3 heterocycles. The number of fused-ring (bicyclic) bond motifs is 1. The second-order valence-corrected chi connectivity index (χ2v) is 15.6. The summed E-state index contributed by atoms with van der Waals surface area (Å²) in [6, 6.07) is -0.954. The maximum Gasteiger partial charge on any atom is 0.323 e. The summed E-state index contributed by atoms with van der Waals surface area (Å²) in [5.41, 5.74) is 4.13. The normalized spacial score (nSPS) is 25.0. The van der Waals surface area contributed by atoms with Crippen molar-refractivity contribution in [3.8, 4) is 0 Å². The van der Waals surface area contributed by atoms with Gasteiger partial charge in [0.25, 0.3) is 17.3 Å². The third-order valence-corrected chi connectivity index (χ3v) is 10.1. The maximum atomic E-state index is 15.7. The number of carbonyl (C=O) groups is 2. The van der Waals surface area contributed by atoms with Crippen molar-refractivity contribution in [2.45, 2.75) is 77.3 Å². The van der Waals surface area contributed by atoms with Crippen molar-refractivity contribution < 1.29 is 37.6 Å². The third-order valence-electron chi connectivity index (χ3n) is 5.74. The molecular weight excluding hydrogens is 638 g/mol. The van der Waals surface area contributed by atoms with Crippen LogP contribution in [0, 0.1) is 5.41 Å². The molecule has 1 aliphatic heterocycles. The average Bonchev–Trinajstić information content (AvgIpc) is 3.37. The molecule has 5 N–H and O–H groups in total. The molecule has 19 heteroatoms. The smallest absolute Gasteiger partial charge is 0.323 e. The number of nitrogens with two attached hydrogens (primary N) is 1. The molecule has 236 valence electrons. The number of nitrogens with zero attached hydrogens (tertiary/aromatic N) is 3. The number of carbonyl (C=O) groups excluding carboxylic acids is 2. The van der Waals surface area contributed by atoms with E-state index in [9.17, 15) is 19.5 Å². The molecule has 2 aromatic heterocycles. The van der Waals surface area contributed by atoms with Gasteiger partial charge in [0.15, 0.2) is 22.5 Å². The molecule has 3 rings (SSSR count). The average molecular weight is 673 g/mol. The van der Waals surface area contributed by atoms with Crippen LogP contribution in [0.25, 0.3) is 11.2 Å². The van der Waals surface area contributed by atoms with Crippen LogP contribution < -0.4 is 16.4 Å². The second kappa shape index (κ2) is 13.5. The minimum Gasteiger partial charge on any atom is -0.462 e. The quantitative estimate of drug-likeness (QED) is 0.111. The number of aromatic nitrogens is 4. The van der Waals surface area contributed by atoms with Gasteiger partial charge in [-0.1, -0.05) is 44.1 Å². The van der Waals surface area contributed by atoms with Crippen LogP contribution in [-0.4, -0.2) is 84.2 Å². The van der Waals surface area contributed by atoms with Crippen LogP contribution in [-0.2, 0) is 39.9 Å². The topological polar surface area (TPSA) is 193 Å². The lowest BCUT2D eigenvalue weighted by Gasteiger charge is -2.28. The largest absolute Gasteiger partial charge is 0.462 e. The highest BCUT2D eigenvalue weighted by Gasteiger charge is 2.58. The van der Waals surface area contributed by atoms with Crippen LogP contribution in [0.4, 0.5) is 10.3 Å². The number of H-pyrrole nitrogens is 1. The Kier molecular flexibility index (Phi) is 11.2. The van der Waals surface area contributed by atoms with Gasteiger partial charge in [-0.05, 0) is 32.6 Å². The zero-order valence-corrected chi connectivity index (χ0v) is 27.1. The van der Waals surface area contributed by atoms with Gasteiger partial charge < -0.3 is 29.4 Å². The standard InChI is InChI=1S/C23H35ClFN6O8PS2/c1-11(2)38-18(34)12(3)30-40(41,36-7-8-42-20(35)22(4,5)6)37-9-13-15(32)23(24,25)19(39-13)31-10-27-14-16(31)28-21(26)29-17(14)33/h10-13,15,19,32H,7-9H2,1-6H3,(H,30,41)(H3,26,28,29,33)/t12?,13-,15-,19-,23+,40?/m1/s1. The zero-order chi connectivity index (χ0) is 31.6. The van der Waals surface area contributed by atoms with Crippen LogP contribution >= 0.6 is 30.0 Å². The number of hydrogen-bond acceptors (Lipinski definition) is 13. The first-order valence-electron chi connectivity index (χ1n) is 12.8. The molecule has 14 nitrogen and oxygen atoms in total. The minimum absolute atomic E-state index is 0.0232. The number of imidazole rings is 1. The molecule has 0 aromatic carbocycles. The van der Waals surface area contributed by atoms with Crippen LogP contribution in [0.15, 0.2) is 11.1 Å². The molecule has 0 aliphatic carbocycles. The Morgan fingerprint density at radius 3 is 2.69 bits per heavy atom. The highest BCUT2D eigenvalue weighted by Crippen LogP contribution is 2.49. The zero-order valence-electron chi connectivity index (χ0n) is 23.8. The molecule has 0 bridgehead atoms. The van der Waals surface area contributed by atoms with Gasteiger partial charge in [0.1, 0.15) is 18.2 Å². The number of anilines is 1. The SMILES string of the molecule is CC(C)OC(=O)C(C)NP(=S)(OCCSC(=O)C(C)(C)C)OC[C@H]1O[C@@H](n2cnc3c(=O)[nH]c(N)nc32)[C@](F)(Cl)[C@@H]1O. The number of aliphatic hydroxyl groups is 1. The summed E-state index contributed by atoms with van der Waals surface area (Å²) < 4.78 is 39.3. The number of ether oxygens (including phenoxy) is 2. The van der Waals surface area contributed by atoms with E-state index in [0.717, 1.165) is 22.7 Å². The number of nitrogen functional groups attached to an aromatic ring is 1. The highest BCUT2D eigenvalue weighted by molar-refractivity contribution is 8.13. The Hall–Kier alpha value is -1.69. The van der Waals surface area contributed by atoms with Gasteiger partial charge in [0.05, 0.1) is 25.6 Å². The van der Waals surface area contributed by atoms with Gasteiger partial charge in [-0.2, -0.15) is 4.98 Å². The molecule has 0 spiro atoms. The summed E-state index contributed by atoms with van der Waals surface area (Å²) in [5, 5.41) is 10.6. The number of aliphatic hydroxyl groups excluding tert-OH is 1. The van der Waals surface area contributed by atoms with E-state index in [-0.39, 0.29) is 40.7 Å². The molecule has 1 saturated heterocycles. The highest BCUT2D eigenvalue weighted by atomic mass is 35.5. The van der Waals surface area contributed by atoms with Gasteiger partial charge in [0.2, 0.25) is 5.95 Å². The second-order valence-electron chi connectivity index (χ2n) is 10.8. The van der Waals surface area contributed by atoms with E-state index in [1.807, 2.05) is 0 Å². The number of halogens is 2. The fourth-order valence-electron chi connectivity index (χ4n) is 3.64. The summed E-state index contributed by atoms with van der Waals surface area (Å²) in [4.78, 5) is 47.0. The number of hydrogen-bond donors (Lipinski definition) is 4. The lowest BCUT2D eigenvalue weighted by atomic mass is 10.00. The van der Waals surface area contributed by atoms with Gasteiger partial charge in [-0.25, -0.2) is 14.5 Å². The van der Waals surface area contributed by atoms with Crippen LogP contribution in [0.1, 0.15) is 47.8 Å². The Morgan fingerprint density at radius 2 is 2.07 bits per heavy atom. The lowest BCUT2D eigenvalue weighted by Crippen LogP contribution is -2.39. The summed E-state index contributed by atoms with van der Waals surface area (Å²) in [6.07, 6.45) is -4.31. The molecule has 0 radical (unpaired) electrons. The van der Waals surface area contributed by atoms with Crippen molar-refractivity contribution in [3.05, 3.63) is 16.7 Å². The third kappa shape index (κ3) is 8.27. The summed E-state index contributed by atoms with van der Waals surface area (Å²) in [6.45, 7) is 6.19. The monoisotopic (exact) mass is 672 g/mol. The van der Waals surface area contributed by atoms with Crippen molar-refractivity contribution in [3.63, 3.8) is 0 Å². The molecule has 2 aromatic rings. The predicted octanol–water partition coefficient (Wildman–Crippen LogP) is 2.36. The van der Waals surface area contributed by atoms with E-state index in [1.54, 1.807) is 34.6 Å². The first-order valence-corrected chi connectivity index (χ1v) is 16.8. The first kappa shape index (κ1) is 34.8. The fraction of sp³-hybridized carbons (Fsp3) is 0.696. The summed E-state index contributed by atoms with van der Waals surface area (Å²) in [5.74, 6) is -0.617. The molecular formula is C23H35ClFN6O8PS2. The van der Waals surface area contributed by atoms with E-state index in [2.05, 4.69) is 20.0 Å². The molecule has 0 amide bonds. The van der Waals surface area contributed by atoms with Gasteiger partial charge >= 0.3 is 5.97 Å². The minimum atomic E-state index is -3.52. The fourth-order valence-corrected chi connectivity index (χ4v) is 7.20. The van der Waals surface area contributed by atoms with Crippen molar-refractivity contribution in [1.29, 1.82) is 0 Å². The van der Waals surface area contributed by atoms with Crippen molar-refractivity contribution in [2.75, 3.05) is 24.7 Å². The molecule has 6 atom stereocenters. The van der Waals surface area contributed by atoms with Gasteiger partial charge in [-0.15, -0.1) is 0 Å². The summed E-state index contributed by atoms with van der Waals surface area (Å²) in [7, 11) is 0. The lowest BCUT2D eigenvalue weighted by molar-refractivity contribution is -0.149. The number of esters is 1. The van der Waals surface area contributed by atoms with E-state index in [0.29, 0.717) is 0 Å². The van der Waals surface area contributed by atoms with Crippen LogP contribution in [0.3, 0.4) is 0 Å². The molecule has 42 heavy (non-hydrogen) atoms. The van der Waals surface area contributed by atoms with Crippen molar-refractivity contribution >= 4 is 70.0 Å². The first-order chi connectivity index (χ1) is 19.4.